The fourth-order valence-corrected chi connectivity index (χ4v) is 4.34. The molecule has 2 aromatic heterocycles. The maximum absolute atomic E-state index is 13.4. The van der Waals surface area contributed by atoms with E-state index in [0.29, 0.717) is 5.82 Å². The molecule has 6 heteroatoms. The second kappa shape index (κ2) is 7.20. The van der Waals surface area contributed by atoms with E-state index in [1.54, 1.807) is 23.5 Å². The molecule has 0 aliphatic heterocycles. The summed E-state index contributed by atoms with van der Waals surface area (Å²) in [6.07, 6.45) is 0. The van der Waals surface area contributed by atoms with Crippen molar-refractivity contribution >= 4 is 38.7 Å². The van der Waals surface area contributed by atoms with Crippen LogP contribution in [0.4, 0.5) is 21.6 Å². The Kier molecular flexibility index (Phi) is 4.73. The summed E-state index contributed by atoms with van der Waals surface area (Å²) in [6.45, 7) is 3.96. The third-order valence-corrected chi connectivity index (χ3v) is 5.62. The average molecular weight is 393 g/mol. The maximum Gasteiger partial charge on any atom is 0.143 e. The molecule has 4 nitrogen and oxygen atoms in total. The number of aromatic nitrogens is 2. The van der Waals surface area contributed by atoms with Gasteiger partial charge in [-0.15, -0.1) is 11.3 Å². The molecular weight excluding hydrogens is 371 g/mol. The number of thiophene rings is 1. The summed E-state index contributed by atoms with van der Waals surface area (Å²) in [5, 5.41) is 4.42. The Morgan fingerprint density at radius 3 is 2.25 bits per heavy atom. The second-order valence-corrected chi connectivity index (χ2v) is 8.11. The number of nitrogens with one attached hydrogen (secondary N) is 1. The van der Waals surface area contributed by atoms with Crippen LogP contribution in [0.5, 0.6) is 0 Å². The molecule has 0 aliphatic carbocycles. The number of halogens is 1. The smallest absolute Gasteiger partial charge is 0.143 e. The van der Waals surface area contributed by atoms with Crippen molar-refractivity contribution in [2.75, 3.05) is 24.3 Å². The molecule has 2 aromatic carbocycles. The lowest BCUT2D eigenvalue weighted by Gasteiger charge is -2.14. The number of nitrogens with zero attached hydrogens (tertiary/aromatic N) is 3. The van der Waals surface area contributed by atoms with Gasteiger partial charge in [0.25, 0.3) is 0 Å². The molecule has 0 saturated heterocycles. The van der Waals surface area contributed by atoms with Crippen molar-refractivity contribution in [3.8, 4) is 11.1 Å². The van der Waals surface area contributed by atoms with Crippen LogP contribution in [0.1, 0.15) is 10.7 Å². The van der Waals surface area contributed by atoms with E-state index in [1.165, 1.54) is 12.1 Å². The first-order valence-electron chi connectivity index (χ1n) is 9.00. The molecule has 4 aromatic rings. The number of aryl methyl sites for hydroxylation is 2. The molecule has 0 unspecified atom stereocenters. The fourth-order valence-electron chi connectivity index (χ4n) is 3.25. The van der Waals surface area contributed by atoms with Crippen LogP contribution in [0.3, 0.4) is 0 Å². The molecule has 0 fully saturated rings. The Morgan fingerprint density at radius 1 is 0.929 bits per heavy atom. The topological polar surface area (TPSA) is 41.1 Å². The molecule has 1 N–H and O–H groups in total. The van der Waals surface area contributed by atoms with Gasteiger partial charge in [0.05, 0.1) is 5.39 Å². The first-order valence-corrected chi connectivity index (χ1v) is 9.82. The number of rotatable bonds is 4. The number of hydrogen-bond acceptors (Lipinski definition) is 5. The molecule has 0 radical (unpaired) electrons. The minimum Gasteiger partial charge on any atom is -0.378 e. The summed E-state index contributed by atoms with van der Waals surface area (Å²) >= 11 is 1.63. The van der Waals surface area contributed by atoms with Crippen molar-refractivity contribution in [1.82, 2.24) is 9.97 Å². The van der Waals surface area contributed by atoms with Crippen LogP contribution >= 0.6 is 11.3 Å². The molecule has 0 spiro atoms. The van der Waals surface area contributed by atoms with Crippen molar-refractivity contribution in [3.05, 3.63) is 65.0 Å². The highest BCUT2D eigenvalue weighted by molar-refractivity contribution is 7.19. The summed E-state index contributed by atoms with van der Waals surface area (Å²) in [5.74, 6) is 1.24. The van der Waals surface area contributed by atoms with Crippen LogP contribution in [0, 0.1) is 19.7 Å². The van der Waals surface area contributed by atoms with Crippen LogP contribution < -0.4 is 10.2 Å². The molecule has 142 valence electrons. The van der Waals surface area contributed by atoms with Crippen LogP contribution in [0.25, 0.3) is 21.3 Å². The lowest BCUT2D eigenvalue weighted by molar-refractivity contribution is 0.628. The molecule has 4 rings (SSSR count). The van der Waals surface area contributed by atoms with Gasteiger partial charge in [-0.1, -0.05) is 12.1 Å². The van der Waals surface area contributed by atoms with Crippen molar-refractivity contribution in [2.24, 2.45) is 0 Å². The zero-order valence-corrected chi connectivity index (χ0v) is 17.1. The van der Waals surface area contributed by atoms with Crippen molar-refractivity contribution in [1.29, 1.82) is 0 Å². The Hall–Kier alpha value is -2.99. The number of hydrogen-bond donors (Lipinski definition) is 1. The van der Waals surface area contributed by atoms with E-state index >= 15 is 0 Å². The van der Waals surface area contributed by atoms with Gasteiger partial charge < -0.3 is 10.2 Å². The van der Waals surface area contributed by atoms with Gasteiger partial charge in [0.15, 0.2) is 0 Å². The molecule has 28 heavy (non-hydrogen) atoms. The van der Waals surface area contributed by atoms with Crippen molar-refractivity contribution in [2.45, 2.75) is 13.8 Å². The van der Waals surface area contributed by atoms with Gasteiger partial charge >= 0.3 is 0 Å². The molecule has 0 atom stereocenters. The lowest BCUT2D eigenvalue weighted by Crippen LogP contribution is -2.08. The van der Waals surface area contributed by atoms with E-state index < -0.39 is 0 Å². The molecule has 2 heterocycles. The van der Waals surface area contributed by atoms with Gasteiger partial charge in [0, 0.05) is 35.9 Å². The van der Waals surface area contributed by atoms with E-state index in [0.717, 1.165) is 43.4 Å². The van der Waals surface area contributed by atoms with E-state index in [4.69, 9.17) is 0 Å². The summed E-state index contributed by atoms with van der Waals surface area (Å²) in [4.78, 5) is 13.4. The molecule has 0 bridgehead atoms. The minimum atomic E-state index is -0.243. The van der Waals surface area contributed by atoms with Gasteiger partial charge in [0.2, 0.25) is 0 Å². The normalized spacial score (nSPS) is 11.0. The van der Waals surface area contributed by atoms with Gasteiger partial charge in [-0.05, 0) is 55.8 Å². The fraction of sp³-hybridized carbons (Fsp3) is 0.182. The van der Waals surface area contributed by atoms with Crippen LogP contribution in [-0.4, -0.2) is 24.1 Å². The first-order chi connectivity index (χ1) is 13.4. The molecule has 0 saturated carbocycles. The highest BCUT2D eigenvalue weighted by Gasteiger charge is 2.18. The highest BCUT2D eigenvalue weighted by Crippen LogP contribution is 2.41. The summed E-state index contributed by atoms with van der Waals surface area (Å²) in [6, 6.07) is 14.8. The Morgan fingerprint density at radius 2 is 1.61 bits per heavy atom. The van der Waals surface area contributed by atoms with Crippen LogP contribution in [0.15, 0.2) is 48.5 Å². The average Bonchev–Trinajstić information content (AvgIpc) is 2.98. The number of benzene rings is 2. The Bertz CT molecular complexity index is 1130. The second-order valence-electron chi connectivity index (χ2n) is 6.91. The zero-order valence-electron chi connectivity index (χ0n) is 16.2. The Labute approximate surface area is 167 Å². The summed E-state index contributed by atoms with van der Waals surface area (Å²) in [7, 11) is 4.03. The van der Waals surface area contributed by atoms with Gasteiger partial charge in [0.1, 0.15) is 22.3 Å². The molecular formula is C22H21FN4S. The predicted octanol–water partition coefficient (Wildman–Crippen LogP) is 5.92. The third-order valence-electron chi connectivity index (χ3n) is 4.62. The SMILES string of the molecule is Cc1nc(Nc2ccc(N(C)C)cc2)c2c(-c3ccc(F)cc3)c(C)sc2n1. The third kappa shape index (κ3) is 3.43. The minimum absolute atomic E-state index is 0.243. The number of fused-ring (bicyclic) bond motifs is 1. The first kappa shape index (κ1) is 18.4. The lowest BCUT2D eigenvalue weighted by atomic mass is 10.0. The van der Waals surface area contributed by atoms with E-state index in [9.17, 15) is 4.39 Å². The largest absolute Gasteiger partial charge is 0.378 e. The summed E-state index contributed by atoms with van der Waals surface area (Å²) < 4.78 is 13.4. The predicted molar refractivity (Wildman–Crippen MR) is 116 cm³/mol. The van der Waals surface area contributed by atoms with Gasteiger partial charge in [-0.2, -0.15) is 0 Å². The van der Waals surface area contributed by atoms with Crippen LogP contribution in [-0.2, 0) is 0 Å². The maximum atomic E-state index is 13.4. The monoisotopic (exact) mass is 392 g/mol. The number of anilines is 3. The highest BCUT2D eigenvalue weighted by atomic mass is 32.1. The van der Waals surface area contributed by atoms with E-state index in [1.807, 2.05) is 33.2 Å². The van der Waals surface area contributed by atoms with E-state index in [2.05, 4.69) is 39.2 Å². The van der Waals surface area contributed by atoms with Crippen molar-refractivity contribution < 1.29 is 4.39 Å². The van der Waals surface area contributed by atoms with Crippen LogP contribution in [0.2, 0.25) is 0 Å². The van der Waals surface area contributed by atoms with E-state index in [-0.39, 0.29) is 5.82 Å². The quantitative estimate of drug-likeness (QED) is 0.468. The van der Waals surface area contributed by atoms with Gasteiger partial charge in [-0.25, -0.2) is 14.4 Å². The van der Waals surface area contributed by atoms with Crippen molar-refractivity contribution in [3.63, 3.8) is 0 Å². The van der Waals surface area contributed by atoms with Gasteiger partial charge in [-0.3, -0.25) is 0 Å². The Balaban J connectivity index is 1.84. The standard InChI is InChI=1S/C22H21FN4S/c1-13-19(15-5-7-16(23)8-6-15)20-21(24-14(2)25-22(20)28-13)26-17-9-11-18(12-10-17)27(3)4/h5-12H,1-4H3,(H,24,25,26). The molecule has 0 amide bonds. The summed E-state index contributed by atoms with van der Waals surface area (Å²) in [5.41, 5.74) is 4.10. The zero-order chi connectivity index (χ0) is 19.8. The molecule has 0 aliphatic rings.